The molecule has 0 aliphatic carbocycles. The number of methoxy groups -OCH3 is 1. The van der Waals surface area contributed by atoms with Crippen molar-refractivity contribution >= 4 is 5.97 Å². The second kappa shape index (κ2) is 4.25. The predicted octanol–water partition coefficient (Wildman–Crippen LogP) is -1.17. The second-order valence-electron chi connectivity index (χ2n) is 3.67. The van der Waals surface area contributed by atoms with Crippen LogP contribution in [-0.4, -0.2) is 62.9 Å². The van der Waals surface area contributed by atoms with Gasteiger partial charge < -0.3 is 14.8 Å². The second-order valence-corrected chi connectivity index (χ2v) is 3.67. The summed E-state index contributed by atoms with van der Waals surface area (Å²) in [5.41, 5.74) is 0. The Kier molecular flexibility index (Phi) is 3.00. The maximum atomic E-state index is 11.5. The Balaban J connectivity index is 1.98. The van der Waals surface area contributed by atoms with Crippen molar-refractivity contribution in [2.24, 2.45) is 0 Å². The average Bonchev–Trinajstić information content (AvgIpc) is 2.15. The van der Waals surface area contributed by atoms with Gasteiger partial charge >= 0.3 is 5.97 Å². The van der Waals surface area contributed by atoms with Crippen molar-refractivity contribution < 1.29 is 14.3 Å². The van der Waals surface area contributed by atoms with Crippen LogP contribution in [0.25, 0.3) is 0 Å². The molecule has 2 rings (SSSR count). The van der Waals surface area contributed by atoms with Crippen LogP contribution in [0.5, 0.6) is 0 Å². The number of carbonyl (C=O) groups is 1. The van der Waals surface area contributed by atoms with E-state index in [1.807, 2.05) is 0 Å². The molecule has 2 saturated heterocycles. The molecular formula is C9H16N2O3. The van der Waals surface area contributed by atoms with E-state index in [0.29, 0.717) is 12.6 Å². The lowest BCUT2D eigenvalue weighted by atomic mass is 10.1. The normalized spacial score (nSPS) is 29.6. The fraction of sp³-hybridized carbons (Fsp3) is 0.889. The van der Waals surface area contributed by atoms with Crippen molar-refractivity contribution in [1.82, 2.24) is 10.2 Å². The number of nitrogens with zero attached hydrogens (tertiary/aromatic N) is 1. The van der Waals surface area contributed by atoms with Crippen molar-refractivity contribution in [3.8, 4) is 0 Å². The Morgan fingerprint density at radius 2 is 2.36 bits per heavy atom. The lowest BCUT2D eigenvalue weighted by molar-refractivity contribution is -0.154. The molecule has 0 aromatic carbocycles. The molecule has 5 heteroatoms. The predicted molar refractivity (Wildman–Crippen MR) is 50.0 cm³/mol. The number of esters is 1. The Morgan fingerprint density at radius 3 is 2.93 bits per heavy atom. The van der Waals surface area contributed by atoms with Gasteiger partial charge in [-0.3, -0.25) is 9.69 Å². The molecule has 0 radical (unpaired) electrons. The molecule has 1 unspecified atom stereocenters. The van der Waals surface area contributed by atoms with Crippen molar-refractivity contribution in [2.75, 3.05) is 40.0 Å². The summed E-state index contributed by atoms with van der Waals surface area (Å²) in [4.78, 5) is 13.7. The van der Waals surface area contributed by atoms with Crippen LogP contribution in [0.1, 0.15) is 0 Å². The molecule has 2 heterocycles. The Bertz CT molecular complexity index is 218. The van der Waals surface area contributed by atoms with E-state index in [2.05, 4.69) is 10.2 Å². The summed E-state index contributed by atoms with van der Waals surface area (Å²) in [6, 6.07) is 0.267. The molecule has 2 fully saturated rings. The van der Waals surface area contributed by atoms with Gasteiger partial charge in [0.25, 0.3) is 0 Å². The summed E-state index contributed by atoms with van der Waals surface area (Å²) in [6.07, 6.45) is 0. The first-order valence-corrected chi connectivity index (χ1v) is 4.95. The van der Waals surface area contributed by atoms with Crippen LogP contribution in [0, 0.1) is 0 Å². The molecule has 1 N–H and O–H groups in total. The molecule has 0 spiro atoms. The molecular weight excluding hydrogens is 184 g/mol. The van der Waals surface area contributed by atoms with E-state index in [4.69, 9.17) is 9.47 Å². The number of carbonyl (C=O) groups excluding carboxylic acids is 1. The standard InChI is InChI=1S/C9H16N2O3/c1-13-9(12)8-4-10-2-3-11(8)7-5-14-6-7/h7-8,10H,2-6H2,1H3. The van der Waals surface area contributed by atoms with Crippen molar-refractivity contribution in [3.63, 3.8) is 0 Å². The van der Waals surface area contributed by atoms with Crippen LogP contribution < -0.4 is 5.32 Å². The van der Waals surface area contributed by atoms with Crippen molar-refractivity contribution in [1.29, 1.82) is 0 Å². The number of nitrogens with one attached hydrogen (secondary N) is 1. The van der Waals surface area contributed by atoms with Crippen molar-refractivity contribution in [2.45, 2.75) is 12.1 Å². The molecule has 0 aromatic heterocycles. The lowest BCUT2D eigenvalue weighted by Crippen LogP contribution is -2.63. The summed E-state index contributed by atoms with van der Waals surface area (Å²) in [5, 5.41) is 3.20. The molecule has 14 heavy (non-hydrogen) atoms. The summed E-state index contributed by atoms with van der Waals surface area (Å²) in [7, 11) is 1.44. The third kappa shape index (κ3) is 1.75. The largest absolute Gasteiger partial charge is 0.468 e. The third-order valence-corrected chi connectivity index (χ3v) is 2.85. The molecule has 0 saturated carbocycles. The third-order valence-electron chi connectivity index (χ3n) is 2.85. The Morgan fingerprint density at radius 1 is 1.57 bits per heavy atom. The highest BCUT2D eigenvalue weighted by atomic mass is 16.5. The fourth-order valence-electron chi connectivity index (χ4n) is 1.93. The first-order valence-electron chi connectivity index (χ1n) is 4.95. The van der Waals surface area contributed by atoms with Crippen LogP contribution >= 0.6 is 0 Å². The first-order chi connectivity index (χ1) is 6.83. The highest BCUT2D eigenvalue weighted by molar-refractivity contribution is 5.76. The van der Waals surface area contributed by atoms with E-state index in [1.165, 1.54) is 7.11 Å². The van der Waals surface area contributed by atoms with Gasteiger partial charge in [0.2, 0.25) is 0 Å². The average molecular weight is 200 g/mol. The zero-order valence-corrected chi connectivity index (χ0v) is 8.36. The maximum Gasteiger partial charge on any atom is 0.324 e. The van der Waals surface area contributed by atoms with E-state index >= 15 is 0 Å². The number of hydrogen-bond acceptors (Lipinski definition) is 5. The number of piperazine rings is 1. The number of ether oxygens (including phenoxy) is 2. The molecule has 0 amide bonds. The Hall–Kier alpha value is -0.650. The molecule has 0 bridgehead atoms. The van der Waals surface area contributed by atoms with E-state index in [0.717, 1.165) is 26.3 Å². The van der Waals surface area contributed by atoms with Crippen LogP contribution in [0.4, 0.5) is 0 Å². The lowest BCUT2D eigenvalue weighted by Gasteiger charge is -2.43. The molecule has 5 nitrogen and oxygen atoms in total. The van der Waals surface area contributed by atoms with Gasteiger partial charge in [0.1, 0.15) is 6.04 Å². The van der Waals surface area contributed by atoms with Crippen LogP contribution in [0.3, 0.4) is 0 Å². The van der Waals surface area contributed by atoms with Gasteiger partial charge in [0.05, 0.1) is 26.4 Å². The van der Waals surface area contributed by atoms with Crippen LogP contribution in [0.2, 0.25) is 0 Å². The Labute approximate surface area is 83.3 Å². The first kappa shape index (κ1) is 9.89. The summed E-state index contributed by atoms with van der Waals surface area (Å²) < 4.78 is 9.91. The fourth-order valence-corrected chi connectivity index (χ4v) is 1.93. The van der Waals surface area contributed by atoms with Crippen LogP contribution in [-0.2, 0) is 14.3 Å². The van der Waals surface area contributed by atoms with E-state index in [9.17, 15) is 4.79 Å². The van der Waals surface area contributed by atoms with Gasteiger partial charge in [-0.2, -0.15) is 0 Å². The summed E-state index contributed by atoms with van der Waals surface area (Å²) in [6.45, 7) is 4.00. The number of rotatable bonds is 2. The monoisotopic (exact) mass is 200 g/mol. The molecule has 80 valence electrons. The SMILES string of the molecule is COC(=O)C1CNCCN1C1COC1. The minimum absolute atomic E-state index is 0.136. The van der Waals surface area contributed by atoms with Gasteiger partial charge in [-0.15, -0.1) is 0 Å². The summed E-state index contributed by atoms with van der Waals surface area (Å²) in [5.74, 6) is -0.149. The maximum absolute atomic E-state index is 11.5. The topological polar surface area (TPSA) is 50.8 Å². The van der Waals surface area contributed by atoms with Gasteiger partial charge in [0, 0.05) is 19.6 Å². The molecule has 2 aliphatic rings. The zero-order valence-electron chi connectivity index (χ0n) is 8.36. The quantitative estimate of drug-likeness (QED) is 0.569. The highest BCUT2D eigenvalue weighted by Gasteiger charge is 2.37. The molecule has 1 atom stereocenters. The van der Waals surface area contributed by atoms with Gasteiger partial charge in [-0.05, 0) is 0 Å². The van der Waals surface area contributed by atoms with Gasteiger partial charge in [0.15, 0.2) is 0 Å². The minimum atomic E-state index is -0.149. The zero-order chi connectivity index (χ0) is 9.97. The minimum Gasteiger partial charge on any atom is -0.468 e. The van der Waals surface area contributed by atoms with Crippen LogP contribution in [0.15, 0.2) is 0 Å². The van der Waals surface area contributed by atoms with Gasteiger partial charge in [-0.1, -0.05) is 0 Å². The van der Waals surface area contributed by atoms with E-state index in [-0.39, 0.29) is 12.0 Å². The molecule has 2 aliphatic heterocycles. The smallest absolute Gasteiger partial charge is 0.324 e. The van der Waals surface area contributed by atoms with E-state index < -0.39 is 0 Å². The summed E-state index contributed by atoms with van der Waals surface area (Å²) >= 11 is 0. The van der Waals surface area contributed by atoms with Gasteiger partial charge in [-0.25, -0.2) is 0 Å². The number of hydrogen-bond donors (Lipinski definition) is 1. The highest BCUT2D eigenvalue weighted by Crippen LogP contribution is 2.16. The van der Waals surface area contributed by atoms with E-state index in [1.54, 1.807) is 0 Å². The molecule has 0 aromatic rings. The van der Waals surface area contributed by atoms with Crippen molar-refractivity contribution in [3.05, 3.63) is 0 Å².